The monoisotopic (exact) mass is 233 g/mol. The number of aryl methyl sites for hydroxylation is 3. The molecule has 1 aromatic carbocycles. The van der Waals surface area contributed by atoms with Crippen LogP contribution in [0, 0.1) is 20.8 Å². The fraction of sp³-hybridized carbons (Fsp3) is 0.308. The summed E-state index contributed by atoms with van der Waals surface area (Å²) in [6, 6.07) is 4.22. The van der Waals surface area contributed by atoms with Gasteiger partial charge < -0.3 is 4.74 Å². The minimum Gasteiger partial charge on any atom is -0.496 e. The van der Waals surface area contributed by atoms with Gasteiger partial charge in [-0.2, -0.15) is 0 Å². The molecule has 0 spiro atoms. The normalized spacial score (nSPS) is 10.5. The zero-order valence-electron chi connectivity index (χ0n) is 10.00. The van der Waals surface area contributed by atoms with Gasteiger partial charge in [-0.1, -0.05) is 0 Å². The van der Waals surface area contributed by atoms with E-state index >= 15 is 0 Å². The van der Waals surface area contributed by atoms with Crippen molar-refractivity contribution in [1.29, 1.82) is 0 Å². The highest BCUT2D eigenvalue weighted by molar-refractivity contribution is 7.10. The van der Waals surface area contributed by atoms with E-state index < -0.39 is 0 Å². The largest absolute Gasteiger partial charge is 0.496 e. The zero-order chi connectivity index (χ0) is 11.7. The number of methoxy groups -OCH3 is 1. The van der Waals surface area contributed by atoms with E-state index in [1.165, 1.54) is 16.0 Å². The van der Waals surface area contributed by atoms with Gasteiger partial charge >= 0.3 is 0 Å². The van der Waals surface area contributed by atoms with Crippen LogP contribution in [0.15, 0.2) is 17.6 Å². The first-order chi connectivity index (χ1) is 7.63. The van der Waals surface area contributed by atoms with E-state index in [-0.39, 0.29) is 0 Å². The summed E-state index contributed by atoms with van der Waals surface area (Å²) >= 11 is 1.66. The third kappa shape index (κ3) is 1.83. The van der Waals surface area contributed by atoms with Crippen molar-refractivity contribution in [2.75, 3.05) is 7.11 Å². The van der Waals surface area contributed by atoms with Gasteiger partial charge in [0.1, 0.15) is 5.75 Å². The Balaban J connectivity index is 2.64. The summed E-state index contributed by atoms with van der Waals surface area (Å²) in [6.45, 7) is 6.29. The maximum Gasteiger partial charge on any atom is 0.128 e. The van der Waals surface area contributed by atoms with Gasteiger partial charge in [0.25, 0.3) is 0 Å². The van der Waals surface area contributed by atoms with Gasteiger partial charge in [-0.15, -0.1) is 11.3 Å². The number of aromatic nitrogens is 1. The van der Waals surface area contributed by atoms with Gasteiger partial charge in [0, 0.05) is 10.4 Å². The molecule has 0 saturated heterocycles. The molecule has 0 aliphatic rings. The molecule has 0 unspecified atom stereocenters. The van der Waals surface area contributed by atoms with Crippen molar-refractivity contribution in [3.8, 4) is 17.0 Å². The van der Waals surface area contributed by atoms with Crippen molar-refractivity contribution in [3.05, 3.63) is 33.6 Å². The summed E-state index contributed by atoms with van der Waals surface area (Å²) in [6.07, 6.45) is 0. The van der Waals surface area contributed by atoms with Crippen LogP contribution in [0.3, 0.4) is 0 Å². The van der Waals surface area contributed by atoms with Crippen LogP contribution in [0.5, 0.6) is 5.75 Å². The summed E-state index contributed by atoms with van der Waals surface area (Å²) in [5, 5.41) is 0. The van der Waals surface area contributed by atoms with Crippen molar-refractivity contribution in [2.45, 2.75) is 20.8 Å². The SMILES string of the molecule is COc1cc(C)c(C)cc1-c1ncsc1C. The van der Waals surface area contributed by atoms with Crippen LogP contribution in [0.4, 0.5) is 0 Å². The van der Waals surface area contributed by atoms with Gasteiger partial charge in [-0.05, 0) is 44.0 Å². The van der Waals surface area contributed by atoms with Gasteiger partial charge in [-0.3, -0.25) is 0 Å². The highest BCUT2D eigenvalue weighted by atomic mass is 32.1. The Morgan fingerprint density at radius 3 is 2.38 bits per heavy atom. The molecular weight excluding hydrogens is 218 g/mol. The Morgan fingerprint density at radius 2 is 1.81 bits per heavy atom. The van der Waals surface area contributed by atoms with Crippen LogP contribution >= 0.6 is 11.3 Å². The lowest BCUT2D eigenvalue weighted by atomic mass is 10.0. The second-order valence-electron chi connectivity index (χ2n) is 3.89. The topological polar surface area (TPSA) is 22.1 Å². The molecule has 0 amide bonds. The minimum atomic E-state index is 0.900. The first-order valence-electron chi connectivity index (χ1n) is 5.19. The van der Waals surface area contributed by atoms with E-state index in [4.69, 9.17) is 4.74 Å². The Labute approximate surface area is 99.9 Å². The van der Waals surface area contributed by atoms with Gasteiger partial charge in [-0.25, -0.2) is 4.98 Å². The van der Waals surface area contributed by atoms with Crippen LogP contribution < -0.4 is 4.74 Å². The molecule has 0 fully saturated rings. The lowest BCUT2D eigenvalue weighted by Gasteiger charge is -2.10. The Kier molecular flexibility index (Phi) is 2.97. The number of hydrogen-bond donors (Lipinski definition) is 0. The summed E-state index contributed by atoms with van der Waals surface area (Å²) < 4.78 is 5.42. The number of hydrogen-bond acceptors (Lipinski definition) is 3. The molecule has 2 aromatic rings. The van der Waals surface area contributed by atoms with Crippen LogP contribution in [0.2, 0.25) is 0 Å². The molecule has 2 nitrogen and oxygen atoms in total. The van der Waals surface area contributed by atoms with Crippen molar-refractivity contribution < 1.29 is 4.74 Å². The lowest BCUT2D eigenvalue weighted by Crippen LogP contribution is -1.92. The van der Waals surface area contributed by atoms with Crippen molar-refractivity contribution in [3.63, 3.8) is 0 Å². The fourth-order valence-electron chi connectivity index (χ4n) is 1.71. The molecule has 1 heterocycles. The third-order valence-electron chi connectivity index (χ3n) is 2.82. The van der Waals surface area contributed by atoms with Gasteiger partial charge in [0.15, 0.2) is 0 Å². The number of ether oxygens (including phenoxy) is 1. The summed E-state index contributed by atoms with van der Waals surface area (Å²) in [7, 11) is 1.70. The molecule has 2 rings (SSSR count). The number of thiazole rings is 1. The van der Waals surface area contributed by atoms with Gasteiger partial charge in [0.2, 0.25) is 0 Å². The fourth-order valence-corrected chi connectivity index (χ4v) is 2.30. The molecule has 84 valence electrons. The first kappa shape index (κ1) is 11.1. The van der Waals surface area contributed by atoms with E-state index in [1.54, 1.807) is 18.4 Å². The van der Waals surface area contributed by atoms with Crippen LogP contribution in [0.1, 0.15) is 16.0 Å². The predicted molar refractivity (Wildman–Crippen MR) is 68.3 cm³/mol. The van der Waals surface area contributed by atoms with Crippen LogP contribution in [-0.2, 0) is 0 Å². The highest BCUT2D eigenvalue weighted by Gasteiger charge is 2.12. The average Bonchev–Trinajstić information content (AvgIpc) is 2.68. The Bertz CT molecular complexity index is 517. The average molecular weight is 233 g/mol. The second-order valence-corrected chi connectivity index (χ2v) is 4.95. The molecule has 0 bridgehead atoms. The molecule has 0 aliphatic carbocycles. The zero-order valence-corrected chi connectivity index (χ0v) is 10.8. The molecule has 0 atom stereocenters. The molecule has 0 radical (unpaired) electrons. The first-order valence-corrected chi connectivity index (χ1v) is 6.07. The summed E-state index contributed by atoms with van der Waals surface area (Å²) in [5.41, 5.74) is 6.50. The van der Waals surface area contributed by atoms with Crippen LogP contribution in [-0.4, -0.2) is 12.1 Å². The summed E-state index contributed by atoms with van der Waals surface area (Å²) in [4.78, 5) is 5.63. The lowest BCUT2D eigenvalue weighted by molar-refractivity contribution is 0.416. The predicted octanol–water partition coefficient (Wildman–Crippen LogP) is 3.74. The minimum absolute atomic E-state index is 0.900. The Hall–Kier alpha value is -1.35. The molecule has 0 aliphatic heterocycles. The van der Waals surface area contributed by atoms with E-state index in [2.05, 4.69) is 37.9 Å². The number of benzene rings is 1. The molecular formula is C13H15NOS. The smallest absolute Gasteiger partial charge is 0.128 e. The van der Waals surface area contributed by atoms with Crippen molar-refractivity contribution in [1.82, 2.24) is 4.98 Å². The van der Waals surface area contributed by atoms with Crippen molar-refractivity contribution >= 4 is 11.3 Å². The highest BCUT2D eigenvalue weighted by Crippen LogP contribution is 2.34. The maximum atomic E-state index is 5.42. The molecule has 3 heteroatoms. The third-order valence-corrected chi connectivity index (χ3v) is 3.57. The van der Waals surface area contributed by atoms with E-state index in [1.807, 2.05) is 5.51 Å². The summed E-state index contributed by atoms with van der Waals surface area (Å²) in [5.74, 6) is 0.900. The number of rotatable bonds is 2. The maximum absolute atomic E-state index is 5.42. The van der Waals surface area contributed by atoms with Gasteiger partial charge in [0.05, 0.1) is 18.3 Å². The molecule has 16 heavy (non-hydrogen) atoms. The number of nitrogens with zero attached hydrogens (tertiary/aromatic N) is 1. The van der Waals surface area contributed by atoms with E-state index in [0.717, 1.165) is 17.0 Å². The van der Waals surface area contributed by atoms with Crippen molar-refractivity contribution in [2.24, 2.45) is 0 Å². The molecule has 1 aromatic heterocycles. The van der Waals surface area contributed by atoms with Crippen LogP contribution in [0.25, 0.3) is 11.3 Å². The molecule has 0 saturated carbocycles. The standard InChI is InChI=1S/C13H15NOS/c1-8-5-11(12(15-4)6-9(8)2)13-10(3)16-7-14-13/h5-7H,1-4H3. The van der Waals surface area contributed by atoms with E-state index in [0.29, 0.717) is 0 Å². The molecule has 0 N–H and O–H groups in total. The van der Waals surface area contributed by atoms with E-state index in [9.17, 15) is 0 Å². The second kappa shape index (κ2) is 4.26. The quantitative estimate of drug-likeness (QED) is 0.788. The Morgan fingerprint density at radius 1 is 1.12 bits per heavy atom.